The molecule has 0 aliphatic carbocycles. The fourth-order valence-corrected chi connectivity index (χ4v) is 4.54. The molecule has 162 valence electrons. The zero-order valence-electron chi connectivity index (χ0n) is 17.7. The molecule has 1 aromatic heterocycles. The molecule has 2 aromatic carbocycles. The minimum absolute atomic E-state index is 0.0173. The van der Waals surface area contributed by atoms with Crippen LogP contribution in [0.1, 0.15) is 29.5 Å². The lowest BCUT2D eigenvalue weighted by atomic mass is 10.0. The molecule has 31 heavy (non-hydrogen) atoms. The third kappa shape index (κ3) is 4.86. The molecule has 1 amide bonds. The van der Waals surface area contributed by atoms with E-state index in [0.717, 1.165) is 28.3 Å². The molecule has 3 aromatic rings. The van der Waals surface area contributed by atoms with E-state index in [2.05, 4.69) is 15.6 Å². The number of rotatable bonds is 7. The summed E-state index contributed by atoms with van der Waals surface area (Å²) in [5.74, 6) is 3.40. The van der Waals surface area contributed by atoms with Gasteiger partial charge in [-0.15, -0.1) is 11.8 Å². The van der Waals surface area contributed by atoms with E-state index in [1.807, 2.05) is 55.5 Å². The van der Waals surface area contributed by atoms with Gasteiger partial charge in [0.15, 0.2) is 0 Å². The fourth-order valence-electron chi connectivity index (χ4n) is 3.47. The van der Waals surface area contributed by atoms with E-state index in [9.17, 15) is 4.79 Å². The fraction of sp³-hybridized carbons (Fsp3) is 0.304. The highest BCUT2D eigenvalue weighted by Crippen LogP contribution is 2.32. The number of para-hydroxylation sites is 1. The van der Waals surface area contributed by atoms with Crippen molar-refractivity contribution in [2.75, 3.05) is 14.2 Å². The van der Waals surface area contributed by atoms with Gasteiger partial charge in [-0.1, -0.05) is 24.3 Å². The maximum Gasteiger partial charge on any atom is 0.230 e. The van der Waals surface area contributed by atoms with Crippen molar-refractivity contribution in [2.45, 2.75) is 30.6 Å². The Morgan fingerprint density at radius 3 is 2.65 bits per heavy atom. The van der Waals surface area contributed by atoms with Crippen molar-refractivity contribution in [3.05, 3.63) is 65.5 Å². The van der Waals surface area contributed by atoms with Crippen LogP contribution in [-0.2, 0) is 10.5 Å². The van der Waals surface area contributed by atoms with Crippen LogP contribution in [0.2, 0.25) is 0 Å². The van der Waals surface area contributed by atoms with Crippen LogP contribution < -0.4 is 20.1 Å². The van der Waals surface area contributed by atoms with Crippen molar-refractivity contribution in [2.24, 2.45) is 0 Å². The predicted molar refractivity (Wildman–Crippen MR) is 120 cm³/mol. The number of nitrogens with zero attached hydrogens (tertiary/aromatic N) is 1. The number of ether oxygens (including phenoxy) is 2. The lowest BCUT2D eigenvalue weighted by molar-refractivity contribution is -0.123. The smallest absolute Gasteiger partial charge is 0.230 e. The van der Waals surface area contributed by atoms with Gasteiger partial charge in [-0.25, -0.2) is 4.98 Å². The Balaban J connectivity index is 1.43. The summed E-state index contributed by atoms with van der Waals surface area (Å²) in [7, 11) is 3.27. The molecule has 1 saturated heterocycles. The molecule has 7 nitrogen and oxygen atoms in total. The van der Waals surface area contributed by atoms with Crippen molar-refractivity contribution in [3.63, 3.8) is 0 Å². The van der Waals surface area contributed by atoms with E-state index < -0.39 is 0 Å². The highest BCUT2D eigenvalue weighted by atomic mass is 32.2. The first-order chi connectivity index (χ1) is 15.1. The highest BCUT2D eigenvalue weighted by Gasteiger charge is 2.27. The Labute approximate surface area is 185 Å². The molecule has 0 spiro atoms. The van der Waals surface area contributed by atoms with Gasteiger partial charge in [0, 0.05) is 18.2 Å². The van der Waals surface area contributed by atoms with Gasteiger partial charge in [-0.05, 0) is 36.8 Å². The van der Waals surface area contributed by atoms with E-state index in [1.54, 1.807) is 26.0 Å². The first kappa shape index (κ1) is 21.3. The molecule has 8 heteroatoms. The number of benzene rings is 2. The summed E-state index contributed by atoms with van der Waals surface area (Å²) in [4.78, 5) is 16.9. The minimum Gasteiger partial charge on any atom is -0.497 e. The molecule has 0 radical (unpaired) electrons. The molecule has 1 aliphatic rings. The topological polar surface area (TPSA) is 85.6 Å². The second kappa shape index (κ2) is 9.45. The van der Waals surface area contributed by atoms with E-state index in [4.69, 9.17) is 13.9 Å². The molecular formula is C23H25N3O4S. The summed E-state index contributed by atoms with van der Waals surface area (Å²) in [5, 5.41) is 6.49. The van der Waals surface area contributed by atoms with Crippen LogP contribution in [0.25, 0.3) is 11.5 Å². The summed E-state index contributed by atoms with van der Waals surface area (Å²) in [6, 6.07) is 15.4. The van der Waals surface area contributed by atoms with Crippen LogP contribution in [0.3, 0.4) is 0 Å². The number of aryl methyl sites for hydroxylation is 1. The number of methoxy groups -OCH3 is 2. The minimum atomic E-state index is -0.223. The van der Waals surface area contributed by atoms with Gasteiger partial charge in [0.2, 0.25) is 11.8 Å². The number of amides is 1. The second-order valence-corrected chi connectivity index (χ2v) is 8.27. The van der Waals surface area contributed by atoms with Gasteiger partial charge >= 0.3 is 0 Å². The maximum atomic E-state index is 12.3. The van der Waals surface area contributed by atoms with E-state index in [0.29, 0.717) is 23.8 Å². The number of carbonyl (C=O) groups excluding carboxylic acids is 1. The average molecular weight is 440 g/mol. The number of oxazole rings is 1. The maximum absolute atomic E-state index is 12.3. The van der Waals surface area contributed by atoms with E-state index in [-0.39, 0.29) is 17.4 Å². The van der Waals surface area contributed by atoms with Crippen molar-refractivity contribution < 1.29 is 18.7 Å². The molecular weight excluding hydrogens is 414 g/mol. The van der Waals surface area contributed by atoms with Crippen LogP contribution in [0, 0.1) is 6.92 Å². The highest BCUT2D eigenvalue weighted by molar-refractivity contribution is 7.99. The van der Waals surface area contributed by atoms with Gasteiger partial charge in [0.25, 0.3) is 0 Å². The summed E-state index contributed by atoms with van der Waals surface area (Å²) in [6.07, 6.45) is 0.393. The quantitative estimate of drug-likeness (QED) is 0.575. The van der Waals surface area contributed by atoms with E-state index >= 15 is 0 Å². The average Bonchev–Trinajstić information content (AvgIpc) is 3.17. The third-order valence-electron chi connectivity index (χ3n) is 5.17. The van der Waals surface area contributed by atoms with Crippen molar-refractivity contribution in [3.8, 4) is 23.0 Å². The molecule has 2 atom stereocenters. The molecule has 0 bridgehead atoms. The van der Waals surface area contributed by atoms with Crippen LogP contribution in [-0.4, -0.2) is 30.6 Å². The lowest BCUT2D eigenvalue weighted by Gasteiger charge is -2.31. The van der Waals surface area contributed by atoms with Crippen molar-refractivity contribution >= 4 is 17.7 Å². The number of thioether (sulfide) groups is 1. The lowest BCUT2D eigenvalue weighted by Crippen LogP contribution is -2.50. The van der Waals surface area contributed by atoms with Gasteiger partial charge in [-0.3, -0.25) is 10.1 Å². The molecule has 4 rings (SSSR count). The monoisotopic (exact) mass is 439 g/mol. The first-order valence-electron chi connectivity index (χ1n) is 9.98. The largest absolute Gasteiger partial charge is 0.497 e. The summed E-state index contributed by atoms with van der Waals surface area (Å²) >= 11 is 1.57. The summed E-state index contributed by atoms with van der Waals surface area (Å²) in [6.45, 7) is 1.90. The Kier molecular flexibility index (Phi) is 6.48. The Bertz CT molecular complexity index is 1050. The number of hydrogen-bond donors (Lipinski definition) is 2. The van der Waals surface area contributed by atoms with E-state index in [1.165, 1.54) is 0 Å². The van der Waals surface area contributed by atoms with Gasteiger partial charge in [-0.2, -0.15) is 0 Å². The Morgan fingerprint density at radius 2 is 1.90 bits per heavy atom. The standard InChI is InChI=1S/C23H25N3O4S/c1-14-19(24-22(30-14)17-6-4-5-7-20(17)29-3)13-31-23-25-18(12-21(27)26-23)15-8-10-16(28-2)11-9-15/h4-11,18,23,25H,12-13H2,1-3H3,(H,26,27). The predicted octanol–water partition coefficient (Wildman–Crippen LogP) is 4.03. The molecule has 0 saturated carbocycles. The van der Waals surface area contributed by atoms with Crippen molar-refractivity contribution in [1.82, 2.24) is 15.6 Å². The zero-order chi connectivity index (χ0) is 21.8. The van der Waals surface area contributed by atoms with Crippen molar-refractivity contribution in [1.29, 1.82) is 0 Å². The first-order valence-corrected chi connectivity index (χ1v) is 11.0. The second-order valence-electron chi connectivity index (χ2n) is 7.18. The molecule has 2 N–H and O–H groups in total. The van der Waals surface area contributed by atoms with Gasteiger partial charge in [0.05, 0.1) is 25.5 Å². The molecule has 1 fully saturated rings. The van der Waals surface area contributed by atoms with Crippen LogP contribution in [0.4, 0.5) is 0 Å². The SMILES string of the molecule is COc1ccc(C2CC(=O)NC(SCc3nc(-c4ccccc4OC)oc3C)N2)cc1. The number of carbonyl (C=O) groups is 1. The van der Waals surface area contributed by atoms with Crippen LogP contribution in [0.5, 0.6) is 11.5 Å². The normalized spacial score (nSPS) is 18.5. The van der Waals surface area contributed by atoms with Crippen LogP contribution >= 0.6 is 11.8 Å². The summed E-state index contributed by atoms with van der Waals surface area (Å²) in [5.41, 5.74) is 2.48. The van der Waals surface area contributed by atoms with Crippen LogP contribution in [0.15, 0.2) is 52.9 Å². The van der Waals surface area contributed by atoms with Gasteiger partial charge in [0.1, 0.15) is 22.8 Å². The number of hydrogen-bond acceptors (Lipinski definition) is 7. The molecule has 1 aliphatic heterocycles. The number of nitrogens with one attached hydrogen (secondary N) is 2. The number of aromatic nitrogens is 1. The summed E-state index contributed by atoms with van der Waals surface area (Å²) < 4.78 is 16.5. The van der Waals surface area contributed by atoms with Gasteiger partial charge < -0.3 is 19.2 Å². The molecule has 2 heterocycles. The zero-order valence-corrected chi connectivity index (χ0v) is 18.5. The Hall–Kier alpha value is -2.97. The Morgan fingerprint density at radius 1 is 1.13 bits per heavy atom. The third-order valence-corrected chi connectivity index (χ3v) is 6.20. The molecule has 2 unspecified atom stereocenters.